The van der Waals surface area contributed by atoms with Crippen LogP contribution in [0.5, 0.6) is 0 Å². The average Bonchev–Trinajstić information content (AvgIpc) is 2.91. The predicted octanol–water partition coefficient (Wildman–Crippen LogP) is 2.80. The highest BCUT2D eigenvalue weighted by Crippen LogP contribution is 2.25. The number of nitrogens with two attached hydrogens (primary N) is 1. The second-order valence-corrected chi connectivity index (χ2v) is 5.40. The third-order valence-corrected chi connectivity index (χ3v) is 3.48. The third kappa shape index (κ3) is 3.28. The van der Waals surface area contributed by atoms with E-state index in [1.54, 1.807) is 11.6 Å². The summed E-state index contributed by atoms with van der Waals surface area (Å²) in [4.78, 5) is 0. The summed E-state index contributed by atoms with van der Waals surface area (Å²) in [5.41, 5.74) is 3.56. The molecular weight excluding hydrogens is 274 g/mol. The number of rotatable bonds is 5. The van der Waals surface area contributed by atoms with Crippen LogP contribution in [-0.4, -0.2) is 9.78 Å². The number of nitrogens with one attached hydrogen (secondary N) is 1. The van der Waals surface area contributed by atoms with Crippen LogP contribution in [0.1, 0.15) is 42.8 Å². The summed E-state index contributed by atoms with van der Waals surface area (Å²) in [6, 6.07) is 4.06. The molecule has 3 N–H and O–H groups in total. The number of hydrogen-bond donors (Lipinski definition) is 2. The van der Waals surface area contributed by atoms with Crippen molar-refractivity contribution in [3.05, 3.63) is 52.9 Å². The number of benzene rings is 1. The minimum atomic E-state index is -0.666. The fourth-order valence-corrected chi connectivity index (χ4v) is 2.23. The molecule has 0 bridgehead atoms. The maximum absolute atomic E-state index is 14.2. The Morgan fingerprint density at radius 2 is 2.00 bits per heavy atom. The minimum absolute atomic E-state index is 0.0448. The lowest BCUT2D eigenvalue weighted by molar-refractivity contribution is 0.461. The van der Waals surface area contributed by atoms with Gasteiger partial charge < -0.3 is 0 Å². The summed E-state index contributed by atoms with van der Waals surface area (Å²) >= 11 is 0. The Hall–Kier alpha value is -1.79. The van der Waals surface area contributed by atoms with Crippen molar-refractivity contribution in [2.24, 2.45) is 5.84 Å². The van der Waals surface area contributed by atoms with Crippen molar-refractivity contribution in [1.29, 1.82) is 0 Å². The molecule has 1 atom stereocenters. The van der Waals surface area contributed by atoms with E-state index in [0.717, 1.165) is 5.69 Å². The van der Waals surface area contributed by atoms with Crippen LogP contribution in [0.2, 0.25) is 0 Å². The van der Waals surface area contributed by atoms with Crippen LogP contribution >= 0.6 is 0 Å². The Kier molecular flexibility index (Phi) is 4.69. The highest BCUT2D eigenvalue weighted by Gasteiger charge is 2.22. The van der Waals surface area contributed by atoms with Gasteiger partial charge in [0.25, 0.3) is 0 Å². The van der Waals surface area contributed by atoms with E-state index >= 15 is 0 Å². The van der Waals surface area contributed by atoms with E-state index < -0.39 is 17.7 Å². The summed E-state index contributed by atoms with van der Waals surface area (Å²) in [6.07, 6.45) is 2.16. The van der Waals surface area contributed by atoms with Gasteiger partial charge in [0.1, 0.15) is 11.6 Å². The molecule has 1 heterocycles. The van der Waals surface area contributed by atoms with Crippen molar-refractivity contribution in [1.82, 2.24) is 15.2 Å². The lowest BCUT2D eigenvalue weighted by atomic mass is 9.99. The van der Waals surface area contributed by atoms with Crippen molar-refractivity contribution in [2.45, 2.75) is 39.3 Å². The number of nitrogens with zero attached hydrogens (tertiary/aromatic N) is 2. The quantitative estimate of drug-likeness (QED) is 0.658. The molecule has 2 rings (SSSR count). The van der Waals surface area contributed by atoms with Gasteiger partial charge in [-0.1, -0.05) is 6.07 Å². The molecule has 6 heteroatoms. The molecule has 0 fully saturated rings. The van der Waals surface area contributed by atoms with Crippen LogP contribution in [0.15, 0.2) is 24.4 Å². The Balaban J connectivity index is 2.30. The van der Waals surface area contributed by atoms with E-state index in [9.17, 15) is 8.78 Å². The van der Waals surface area contributed by atoms with Gasteiger partial charge in [-0.05, 0) is 38.5 Å². The summed E-state index contributed by atoms with van der Waals surface area (Å²) in [5, 5.41) is 4.38. The SMILES string of the molecule is Cc1ccc(F)c(C(Cc2ccn(C(C)C)n2)NN)c1F. The third-order valence-electron chi connectivity index (χ3n) is 3.48. The molecule has 0 aliphatic carbocycles. The molecule has 0 aliphatic heterocycles. The van der Waals surface area contributed by atoms with Gasteiger partial charge in [-0.25, -0.2) is 8.78 Å². The van der Waals surface area contributed by atoms with Crippen molar-refractivity contribution in [3.63, 3.8) is 0 Å². The van der Waals surface area contributed by atoms with Crippen molar-refractivity contribution in [2.75, 3.05) is 0 Å². The Bertz CT molecular complexity index is 622. The van der Waals surface area contributed by atoms with Crippen LogP contribution in [0.4, 0.5) is 8.78 Å². The van der Waals surface area contributed by atoms with Crippen molar-refractivity contribution < 1.29 is 8.78 Å². The first-order chi connectivity index (χ1) is 9.93. The second-order valence-electron chi connectivity index (χ2n) is 5.40. The predicted molar refractivity (Wildman–Crippen MR) is 77.5 cm³/mol. The normalized spacial score (nSPS) is 12.9. The molecule has 0 aliphatic rings. The van der Waals surface area contributed by atoms with Gasteiger partial charge in [-0.15, -0.1) is 0 Å². The number of hydrogen-bond acceptors (Lipinski definition) is 3. The number of halogens is 2. The van der Waals surface area contributed by atoms with E-state index in [1.807, 2.05) is 26.1 Å². The topological polar surface area (TPSA) is 55.9 Å². The molecule has 0 radical (unpaired) electrons. The molecular formula is C15H20F2N4. The van der Waals surface area contributed by atoms with Gasteiger partial charge in [0.15, 0.2) is 0 Å². The molecule has 2 aromatic rings. The van der Waals surface area contributed by atoms with E-state index in [0.29, 0.717) is 12.0 Å². The fourth-order valence-electron chi connectivity index (χ4n) is 2.23. The van der Waals surface area contributed by atoms with E-state index in [4.69, 9.17) is 5.84 Å². The second kappa shape index (κ2) is 6.32. The first kappa shape index (κ1) is 15.6. The Morgan fingerprint density at radius 3 is 2.57 bits per heavy atom. The standard InChI is InChI=1S/C15H20F2N4/c1-9(2)21-7-6-11(20-21)8-13(19-18)14-12(16)5-4-10(3)15(14)17/h4-7,9,13,19H,8,18H2,1-3H3. The van der Waals surface area contributed by atoms with Gasteiger partial charge in [0.05, 0.1) is 11.7 Å². The first-order valence-electron chi connectivity index (χ1n) is 6.88. The number of hydrazine groups is 1. The molecule has 114 valence electrons. The largest absolute Gasteiger partial charge is 0.271 e. The van der Waals surface area contributed by atoms with Crippen LogP contribution in [-0.2, 0) is 6.42 Å². The van der Waals surface area contributed by atoms with Crippen molar-refractivity contribution in [3.8, 4) is 0 Å². The minimum Gasteiger partial charge on any atom is -0.271 e. The highest BCUT2D eigenvalue weighted by molar-refractivity contribution is 5.30. The summed E-state index contributed by atoms with van der Waals surface area (Å²) < 4.78 is 29.9. The molecule has 1 aromatic carbocycles. The fraction of sp³-hybridized carbons (Fsp3) is 0.400. The summed E-state index contributed by atoms with van der Waals surface area (Å²) in [6.45, 7) is 5.62. The molecule has 1 aromatic heterocycles. The van der Waals surface area contributed by atoms with E-state index in [1.165, 1.54) is 12.1 Å². The zero-order chi connectivity index (χ0) is 15.6. The van der Waals surface area contributed by atoms with Gasteiger partial charge in [-0.3, -0.25) is 16.0 Å². The summed E-state index contributed by atoms with van der Waals surface area (Å²) in [5.74, 6) is 4.31. The van der Waals surface area contributed by atoms with Crippen LogP contribution in [0, 0.1) is 18.6 Å². The molecule has 4 nitrogen and oxygen atoms in total. The zero-order valence-electron chi connectivity index (χ0n) is 12.4. The number of aryl methyl sites for hydroxylation is 1. The monoisotopic (exact) mass is 294 g/mol. The summed E-state index contributed by atoms with van der Waals surface area (Å²) in [7, 11) is 0. The zero-order valence-corrected chi connectivity index (χ0v) is 12.4. The average molecular weight is 294 g/mol. The Labute approximate surface area is 122 Å². The molecule has 0 amide bonds. The lowest BCUT2D eigenvalue weighted by Crippen LogP contribution is -2.31. The van der Waals surface area contributed by atoms with Crippen LogP contribution in [0.3, 0.4) is 0 Å². The first-order valence-corrected chi connectivity index (χ1v) is 6.88. The Morgan fingerprint density at radius 1 is 1.29 bits per heavy atom. The van der Waals surface area contributed by atoms with E-state index in [2.05, 4.69) is 10.5 Å². The molecule has 1 unspecified atom stereocenters. The van der Waals surface area contributed by atoms with Crippen LogP contribution < -0.4 is 11.3 Å². The maximum Gasteiger partial charge on any atom is 0.133 e. The molecule has 0 saturated carbocycles. The van der Waals surface area contributed by atoms with Crippen LogP contribution in [0.25, 0.3) is 0 Å². The van der Waals surface area contributed by atoms with Crippen molar-refractivity contribution >= 4 is 0 Å². The van der Waals surface area contributed by atoms with Gasteiger partial charge in [0.2, 0.25) is 0 Å². The van der Waals surface area contributed by atoms with Gasteiger partial charge in [-0.2, -0.15) is 5.10 Å². The number of aromatic nitrogens is 2. The molecule has 0 saturated heterocycles. The smallest absolute Gasteiger partial charge is 0.133 e. The van der Waals surface area contributed by atoms with Gasteiger partial charge >= 0.3 is 0 Å². The molecule has 0 spiro atoms. The maximum atomic E-state index is 14.2. The highest BCUT2D eigenvalue weighted by atomic mass is 19.1. The molecule has 21 heavy (non-hydrogen) atoms. The van der Waals surface area contributed by atoms with Gasteiger partial charge in [0, 0.05) is 24.2 Å². The van der Waals surface area contributed by atoms with E-state index in [-0.39, 0.29) is 11.6 Å². The lowest BCUT2D eigenvalue weighted by Gasteiger charge is -2.18.